The van der Waals surface area contributed by atoms with Gasteiger partial charge in [-0.2, -0.15) is 0 Å². The van der Waals surface area contributed by atoms with E-state index in [2.05, 4.69) is 5.32 Å². The molecule has 2 nitrogen and oxygen atoms in total. The minimum atomic E-state index is -0.229. The summed E-state index contributed by atoms with van der Waals surface area (Å²) in [5.74, 6) is -0.229. The third-order valence-electron chi connectivity index (χ3n) is 2.58. The van der Waals surface area contributed by atoms with E-state index >= 15 is 0 Å². The second-order valence-electron chi connectivity index (χ2n) is 3.98. The van der Waals surface area contributed by atoms with Gasteiger partial charge in [0.2, 0.25) is 0 Å². The standard InChI is InChI=1S/C15H10Cl3NO/c16-12-7-5-10(6-8-12)15(20)19-13-4-2-1-3-11(13)9-14(17)18/h1-9H,(H,19,20). The Labute approximate surface area is 132 Å². The summed E-state index contributed by atoms with van der Waals surface area (Å²) >= 11 is 17.1. The molecule has 0 aromatic heterocycles. The Morgan fingerprint density at radius 2 is 1.65 bits per heavy atom. The maximum atomic E-state index is 12.1. The number of halogens is 3. The highest BCUT2D eigenvalue weighted by Gasteiger charge is 2.08. The van der Waals surface area contributed by atoms with Gasteiger partial charge in [0.05, 0.1) is 0 Å². The number of carbonyl (C=O) groups excluding carboxylic acids is 1. The van der Waals surface area contributed by atoms with E-state index in [0.29, 0.717) is 16.3 Å². The smallest absolute Gasteiger partial charge is 0.255 e. The van der Waals surface area contributed by atoms with Crippen LogP contribution in [0.25, 0.3) is 6.08 Å². The van der Waals surface area contributed by atoms with Crippen molar-refractivity contribution in [3.8, 4) is 0 Å². The first-order chi connectivity index (χ1) is 9.56. The van der Waals surface area contributed by atoms with Crippen molar-refractivity contribution in [2.24, 2.45) is 0 Å². The molecule has 1 N–H and O–H groups in total. The summed E-state index contributed by atoms with van der Waals surface area (Å²) in [7, 11) is 0. The molecule has 0 fully saturated rings. The average molecular weight is 327 g/mol. The van der Waals surface area contributed by atoms with Crippen LogP contribution in [0.3, 0.4) is 0 Å². The van der Waals surface area contributed by atoms with Gasteiger partial charge in [-0.3, -0.25) is 4.79 Å². The van der Waals surface area contributed by atoms with Gasteiger partial charge in [0.15, 0.2) is 0 Å². The molecule has 0 unspecified atom stereocenters. The van der Waals surface area contributed by atoms with Gasteiger partial charge in [0.25, 0.3) is 5.91 Å². The van der Waals surface area contributed by atoms with Gasteiger partial charge in [-0.25, -0.2) is 0 Å². The highest BCUT2D eigenvalue weighted by atomic mass is 35.5. The molecule has 102 valence electrons. The number of rotatable bonds is 3. The van der Waals surface area contributed by atoms with Crippen molar-refractivity contribution in [3.05, 3.63) is 69.2 Å². The lowest BCUT2D eigenvalue weighted by molar-refractivity contribution is 0.102. The Hall–Kier alpha value is -1.48. The number of para-hydroxylation sites is 1. The Morgan fingerprint density at radius 3 is 2.30 bits per heavy atom. The summed E-state index contributed by atoms with van der Waals surface area (Å²) in [5.41, 5.74) is 1.88. The Balaban J connectivity index is 2.24. The maximum absolute atomic E-state index is 12.1. The van der Waals surface area contributed by atoms with Crippen LogP contribution in [-0.2, 0) is 0 Å². The number of amides is 1. The van der Waals surface area contributed by atoms with E-state index in [4.69, 9.17) is 34.8 Å². The van der Waals surface area contributed by atoms with E-state index in [1.54, 1.807) is 36.4 Å². The van der Waals surface area contributed by atoms with Crippen molar-refractivity contribution in [1.82, 2.24) is 0 Å². The normalized spacial score (nSPS) is 9.95. The predicted molar refractivity (Wildman–Crippen MR) is 85.5 cm³/mol. The maximum Gasteiger partial charge on any atom is 0.255 e. The summed E-state index contributed by atoms with van der Waals surface area (Å²) in [6, 6.07) is 13.9. The molecule has 20 heavy (non-hydrogen) atoms. The molecule has 2 aromatic carbocycles. The number of carbonyl (C=O) groups is 1. The summed E-state index contributed by atoms with van der Waals surface area (Å²) in [4.78, 5) is 12.1. The van der Waals surface area contributed by atoms with E-state index in [1.165, 1.54) is 0 Å². The molecule has 1 amide bonds. The molecule has 0 saturated heterocycles. The average Bonchev–Trinajstić information content (AvgIpc) is 2.41. The highest BCUT2D eigenvalue weighted by Crippen LogP contribution is 2.22. The fourth-order valence-corrected chi connectivity index (χ4v) is 2.01. The third-order valence-corrected chi connectivity index (χ3v) is 3.05. The van der Waals surface area contributed by atoms with Crippen LogP contribution < -0.4 is 5.32 Å². The van der Waals surface area contributed by atoms with Crippen LogP contribution in [0, 0.1) is 0 Å². The zero-order valence-corrected chi connectivity index (χ0v) is 12.5. The molecular formula is C15H10Cl3NO. The van der Waals surface area contributed by atoms with Crippen molar-refractivity contribution in [1.29, 1.82) is 0 Å². The van der Waals surface area contributed by atoms with E-state index in [0.717, 1.165) is 5.56 Å². The van der Waals surface area contributed by atoms with Crippen molar-refractivity contribution in [3.63, 3.8) is 0 Å². The fraction of sp³-hybridized carbons (Fsp3) is 0. The van der Waals surface area contributed by atoms with E-state index in [9.17, 15) is 4.79 Å². The number of hydrogen-bond acceptors (Lipinski definition) is 1. The molecule has 0 radical (unpaired) electrons. The van der Waals surface area contributed by atoms with E-state index in [-0.39, 0.29) is 10.4 Å². The largest absolute Gasteiger partial charge is 0.321 e. The molecule has 0 atom stereocenters. The second kappa shape index (κ2) is 6.80. The zero-order valence-electron chi connectivity index (χ0n) is 10.2. The Bertz CT molecular complexity index is 646. The van der Waals surface area contributed by atoms with Gasteiger partial charge >= 0.3 is 0 Å². The molecule has 0 aliphatic heterocycles. The number of anilines is 1. The van der Waals surface area contributed by atoms with E-state index in [1.807, 2.05) is 18.2 Å². The van der Waals surface area contributed by atoms with E-state index < -0.39 is 0 Å². The van der Waals surface area contributed by atoms with Gasteiger partial charge in [-0.15, -0.1) is 0 Å². The molecular weight excluding hydrogens is 317 g/mol. The van der Waals surface area contributed by atoms with Crippen LogP contribution in [0.5, 0.6) is 0 Å². The first-order valence-electron chi connectivity index (χ1n) is 5.75. The monoisotopic (exact) mass is 325 g/mol. The van der Waals surface area contributed by atoms with Crippen molar-refractivity contribution >= 4 is 52.5 Å². The third kappa shape index (κ3) is 4.01. The summed E-state index contributed by atoms with van der Waals surface area (Å²) in [5, 5.41) is 3.39. The molecule has 0 bridgehead atoms. The first kappa shape index (κ1) is 14.9. The first-order valence-corrected chi connectivity index (χ1v) is 6.88. The number of hydrogen-bond donors (Lipinski definition) is 1. The number of nitrogens with one attached hydrogen (secondary N) is 1. The van der Waals surface area contributed by atoms with Gasteiger partial charge < -0.3 is 5.32 Å². The second-order valence-corrected chi connectivity index (χ2v) is 5.43. The molecule has 0 spiro atoms. The molecule has 5 heteroatoms. The van der Waals surface area contributed by atoms with Crippen LogP contribution in [0.15, 0.2) is 53.0 Å². The fourth-order valence-electron chi connectivity index (χ4n) is 1.65. The summed E-state index contributed by atoms with van der Waals surface area (Å²) in [6.45, 7) is 0. The highest BCUT2D eigenvalue weighted by molar-refractivity contribution is 6.57. The zero-order chi connectivity index (χ0) is 14.5. The molecule has 0 saturated carbocycles. The molecule has 2 aromatic rings. The van der Waals surface area contributed by atoms with Gasteiger partial charge in [0.1, 0.15) is 4.49 Å². The van der Waals surface area contributed by atoms with Crippen LogP contribution in [0.1, 0.15) is 15.9 Å². The van der Waals surface area contributed by atoms with Gasteiger partial charge in [-0.1, -0.05) is 53.0 Å². The van der Waals surface area contributed by atoms with Crippen LogP contribution in [0.4, 0.5) is 5.69 Å². The Kier molecular flexibility index (Phi) is 5.07. The minimum absolute atomic E-state index is 0.123. The molecule has 0 aliphatic carbocycles. The van der Waals surface area contributed by atoms with Crippen molar-refractivity contribution in [2.75, 3.05) is 5.32 Å². The Morgan fingerprint density at radius 1 is 1.00 bits per heavy atom. The minimum Gasteiger partial charge on any atom is -0.321 e. The lowest BCUT2D eigenvalue weighted by atomic mass is 10.1. The predicted octanol–water partition coefficient (Wildman–Crippen LogP) is 5.37. The topological polar surface area (TPSA) is 29.1 Å². The van der Waals surface area contributed by atoms with Crippen molar-refractivity contribution in [2.45, 2.75) is 0 Å². The SMILES string of the molecule is O=C(Nc1ccccc1C=C(Cl)Cl)c1ccc(Cl)cc1. The molecule has 2 rings (SSSR count). The van der Waals surface area contributed by atoms with Crippen LogP contribution >= 0.6 is 34.8 Å². The molecule has 0 heterocycles. The quantitative estimate of drug-likeness (QED) is 0.807. The van der Waals surface area contributed by atoms with Crippen molar-refractivity contribution < 1.29 is 4.79 Å². The van der Waals surface area contributed by atoms with Gasteiger partial charge in [-0.05, 0) is 36.4 Å². The summed E-state index contributed by atoms with van der Waals surface area (Å²) in [6.07, 6.45) is 1.57. The van der Waals surface area contributed by atoms with Crippen LogP contribution in [-0.4, -0.2) is 5.91 Å². The number of benzene rings is 2. The summed E-state index contributed by atoms with van der Waals surface area (Å²) < 4.78 is 0.123. The van der Waals surface area contributed by atoms with Crippen LogP contribution in [0.2, 0.25) is 5.02 Å². The van der Waals surface area contributed by atoms with Gasteiger partial charge in [0, 0.05) is 21.8 Å². The lowest BCUT2D eigenvalue weighted by Crippen LogP contribution is -2.12. The lowest BCUT2D eigenvalue weighted by Gasteiger charge is -2.08. The molecule has 0 aliphatic rings.